The van der Waals surface area contributed by atoms with Gasteiger partial charge in [-0.25, -0.2) is 13.2 Å². The van der Waals surface area contributed by atoms with Gasteiger partial charge in [0, 0.05) is 12.7 Å². The fraction of sp³-hybridized carbons (Fsp3) is 0.263. The number of nitrogens with one attached hydrogen (secondary N) is 1. The van der Waals surface area contributed by atoms with E-state index in [1.54, 1.807) is 12.1 Å². The third-order valence-corrected chi connectivity index (χ3v) is 5.65. The zero-order chi connectivity index (χ0) is 20.9. The molecule has 150 valence electrons. The van der Waals surface area contributed by atoms with Crippen LogP contribution in [0.5, 0.6) is 0 Å². The molecule has 9 heteroatoms. The summed E-state index contributed by atoms with van der Waals surface area (Å²) in [5, 5.41) is 2.66. The number of aryl methyl sites for hydroxylation is 1. The van der Waals surface area contributed by atoms with E-state index in [9.17, 15) is 18.0 Å². The molecule has 2 aromatic carbocycles. The SMILES string of the molecule is CON(C)S(=O)(=O)c1ccc(C(=O)O[C@H](C)C(=O)Nc2ccc(C)cc2)cc1. The average Bonchev–Trinajstić information content (AvgIpc) is 2.68. The Kier molecular flexibility index (Phi) is 6.90. The molecule has 0 radical (unpaired) electrons. The molecule has 0 aliphatic carbocycles. The second kappa shape index (κ2) is 8.96. The number of benzene rings is 2. The lowest BCUT2D eigenvalue weighted by Crippen LogP contribution is -2.30. The van der Waals surface area contributed by atoms with E-state index in [1.165, 1.54) is 45.3 Å². The molecule has 2 rings (SSSR count). The third kappa shape index (κ3) is 5.16. The minimum absolute atomic E-state index is 0.0430. The van der Waals surface area contributed by atoms with Crippen molar-refractivity contribution in [3.63, 3.8) is 0 Å². The summed E-state index contributed by atoms with van der Waals surface area (Å²) in [6.45, 7) is 3.38. The van der Waals surface area contributed by atoms with E-state index >= 15 is 0 Å². The van der Waals surface area contributed by atoms with Gasteiger partial charge in [0.2, 0.25) is 0 Å². The van der Waals surface area contributed by atoms with Gasteiger partial charge in [-0.2, -0.15) is 0 Å². The van der Waals surface area contributed by atoms with Crippen LogP contribution in [-0.4, -0.2) is 45.0 Å². The maximum Gasteiger partial charge on any atom is 0.338 e. The van der Waals surface area contributed by atoms with Gasteiger partial charge in [0.25, 0.3) is 15.9 Å². The molecule has 1 amide bonds. The number of carbonyl (C=O) groups excluding carboxylic acids is 2. The molecule has 0 saturated heterocycles. The summed E-state index contributed by atoms with van der Waals surface area (Å²) in [7, 11) is -1.33. The zero-order valence-electron chi connectivity index (χ0n) is 16.0. The Morgan fingerprint density at radius 1 is 1.04 bits per heavy atom. The van der Waals surface area contributed by atoms with E-state index in [-0.39, 0.29) is 10.5 Å². The van der Waals surface area contributed by atoms with Crippen LogP contribution in [0.3, 0.4) is 0 Å². The van der Waals surface area contributed by atoms with Crippen molar-refractivity contribution in [3.05, 3.63) is 59.7 Å². The number of carbonyl (C=O) groups is 2. The molecule has 0 bridgehead atoms. The van der Waals surface area contributed by atoms with Crippen LogP contribution in [0.4, 0.5) is 5.69 Å². The van der Waals surface area contributed by atoms with Crippen molar-refractivity contribution in [3.8, 4) is 0 Å². The van der Waals surface area contributed by atoms with E-state index in [4.69, 9.17) is 9.57 Å². The predicted molar refractivity (Wildman–Crippen MR) is 103 cm³/mol. The molecule has 1 atom stereocenters. The molecule has 2 aromatic rings. The van der Waals surface area contributed by atoms with Gasteiger partial charge in [0.05, 0.1) is 17.6 Å². The molecule has 0 saturated carbocycles. The van der Waals surface area contributed by atoms with Crippen molar-refractivity contribution in [2.24, 2.45) is 0 Å². The summed E-state index contributed by atoms with van der Waals surface area (Å²) >= 11 is 0. The molecular formula is C19H22N2O6S. The maximum absolute atomic E-state index is 12.2. The van der Waals surface area contributed by atoms with E-state index in [0.717, 1.165) is 5.56 Å². The number of amides is 1. The van der Waals surface area contributed by atoms with Crippen LogP contribution < -0.4 is 5.32 Å². The third-order valence-electron chi connectivity index (χ3n) is 3.96. The second-order valence-electron chi connectivity index (χ2n) is 6.02. The van der Waals surface area contributed by atoms with Crippen LogP contribution in [-0.2, 0) is 24.4 Å². The lowest BCUT2D eigenvalue weighted by Gasteiger charge is -2.15. The van der Waals surface area contributed by atoms with E-state index in [1.807, 2.05) is 19.1 Å². The topological polar surface area (TPSA) is 102 Å². The minimum atomic E-state index is -3.81. The van der Waals surface area contributed by atoms with E-state index < -0.39 is 28.0 Å². The minimum Gasteiger partial charge on any atom is -0.449 e. The summed E-state index contributed by atoms with van der Waals surface area (Å²) in [4.78, 5) is 29.0. The summed E-state index contributed by atoms with van der Waals surface area (Å²) < 4.78 is 30.1. The molecule has 8 nitrogen and oxygen atoms in total. The standard InChI is InChI=1S/C19H22N2O6S/c1-13-5-9-16(10-6-13)20-18(22)14(2)27-19(23)15-7-11-17(12-8-15)28(24,25)21(3)26-4/h5-12,14H,1-4H3,(H,20,22)/t14-/m1/s1. The van der Waals surface area contributed by atoms with Crippen LogP contribution in [0.15, 0.2) is 53.4 Å². The van der Waals surface area contributed by atoms with E-state index in [2.05, 4.69) is 5.32 Å². The number of hydrogen-bond donors (Lipinski definition) is 1. The Balaban J connectivity index is 2.01. The van der Waals surface area contributed by atoms with Crippen LogP contribution in [0.2, 0.25) is 0 Å². The Bertz CT molecular complexity index is 939. The number of esters is 1. The molecule has 0 fully saturated rings. The average molecular weight is 406 g/mol. The number of hydroxylamine groups is 1. The first-order valence-corrected chi connectivity index (χ1v) is 9.80. The van der Waals surface area contributed by atoms with Crippen molar-refractivity contribution in [2.45, 2.75) is 24.8 Å². The van der Waals surface area contributed by atoms with Gasteiger partial charge >= 0.3 is 5.97 Å². The van der Waals surface area contributed by atoms with Gasteiger partial charge in [0.15, 0.2) is 6.10 Å². The molecule has 0 heterocycles. The number of sulfonamides is 1. The van der Waals surface area contributed by atoms with Crippen molar-refractivity contribution >= 4 is 27.6 Å². The Labute approximate surface area is 164 Å². The van der Waals surface area contributed by atoms with Crippen LogP contribution in [0, 0.1) is 6.92 Å². The van der Waals surface area contributed by atoms with Gasteiger partial charge in [-0.05, 0) is 50.2 Å². The van der Waals surface area contributed by atoms with Crippen molar-refractivity contribution in [2.75, 3.05) is 19.5 Å². The van der Waals surface area contributed by atoms with Crippen molar-refractivity contribution < 1.29 is 27.6 Å². The summed E-state index contributed by atoms with van der Waals surface area (Å²) in [6, 6.07) is 12.3. The highest BCUT2D eigenvalue weighted by Gasteiger charge is 2.22. The smallest absolute Gasteiger partial charge is 0.338 e. The summed E-state index contributed by atoms with van der Waals surface area (Å²) in [5.41, 5.74) is 1.77. The first kappa shape index (κ1) is 21.5. The number of hydrogen-bond acceptors (Lipinski definition) is 6. The molecule has 0 unspecified atom stereocenters. The number of nitrogens with zero attached hydrogens (tertiary/aromatic N) is 1. The Morgan fingerprint density at radius 2 is 1.61 bits per heavy atom. The lowest BCUT2D eigenvalue weighted by molar-refractivity contribution is -0.123. The Hall–Kier alpha value is -2.75. The predicted octanol–water partition coefficient (Wildman–Crippen LogP) is 2.36. The lowest BCUT2D eigenvalue weighted by atomic mass is 10.2. The summed E-state index contributed by atoms with van der Waals surface area (Å²) in [6.07, 6.45) is -1.03. The normalized spacial score (nSPS) is 12.5. The quantitative estimate of drug-likeness (QED) is 0.559. The molecule has 0 aromatic heterocycles. The van der Waals surface area contributed by atoms with Crippen LogP contribution in [0.25, 0.3) is 0 Å². The number of ether oxygens (including phenoxy) is 1. The molecule has 0 aliphatic rings. The first-order valence-electron chi connectivity index (χ1n) is 8.36. The summed E-state index contributed by atoms with van der Waals surface area (Å²) in [5.74, 6) is -1.21. The highest BCUT2D eigenvalue weighted by molar-refractivity contribution is 7.89. The van der Waals surface area contributed by atoms with Crippen molar-refractivity contribution in [1.82, 2.24) is 4.47 Å². The van der Waals surface area contributed by atoms with Crippen LogP contribution in [0.1, 0.15) is 22.8 Å². The molecule has 0 spiro atoms. The fourth-order valence-electron chi connectivity index (χ4n) is 2.17. The molecule has 28 heavy (non-hydrogen) atoms. The molecule has 0 aliphatic heterocycles. The van der Waals surface area contributed by atoms with Crippen molar-refractivity contribution in [1.29, 1.82) is 0 Å². The highest BCUT2D eigenvalue weighted by Crippen LogP contribution is 2.16. The monoisotopic (exact) mass is 406 g/mol. The molecular weight excluding hydrogens is 384 g/mol. The highest BCUT2D eigenvalue weighted by atomic mass is 32.2. The Morgan fingerprint density at radius 3 is 2.14 bits per heavy atom. The fourth-order valence-corrected chi connectivity index (χ4v) is 3.15. The van der Waals surface area contributed by atoms with Crippen LogP contribution >= 0.6 is 0 Å². The van der Waals surface area contributed by atoms with Gasteiger partial charge in [-0.1, -0.05) is 22.2 Å². The van der Waals surface area contributed by atoms with E-state index in [0.29, 0.717) is 10.2 Å². The van der Waals surface area contributed by atoms with Gasteiger partial charge in [-0.15, -0.1) is 0 Å². The van der Waals surface area contributed by atoms with Gasteiger partial charge in [0.1, 0.15) is 0 Å². The number of rotatable bonds is 7. The molecule has 1 N–H and O–H groups in total. The maximum atomic E-state index is 12.2. The largest absolute Gasteiger partial charge is 0.449 e. The number of anilines is 1. The zero-order valence-corrected chi connectivity index (χ0v) is 16.8. The second-order valence-corrected chi connectivity index (χ2v) is 7.96. The van der Waals surface area contributed by atoms with Gasteiger partial charge in [-0.3, -0.25) is 9.63 Å². The van der Waals surface area contributed by atoms with Gasteiger partial charge < -0.3 is 10.1 Å². The first-order chi connectivity index (χ1) is 13.1.